The molecule has 0 saturated carbocycles. The fourth-order valence-corrected chi connectivity index (χ4v) is 4.32. The number of ether oxygens (including phenoxy) is 1. The minimum absolute atomic E-state index is 0.185. The first-order chi connectivity index (χ1) is 15.6. The van der Waals surface area contributed by atoms with Crippen LogP contribution in [0.15, 0.2) is 48.5 Å². The molecule has 0 aliphatic carbocycles. The molecule has 2 rings (SSSR count). The maximum absolute atomic E-state index is 13.5. The number of nitrogens with one attached hydrogen (secondary N) is 1. The van der Waals surface area contributed by atoms with Gasteiger partial charge in [0.25, 0.3) is 0 Å². The quantitative estimate of drug-likeness (QED) is 0.539. The molecule has 33 heavy (non-hydrogen) atoms. The number of carbonyl (C=O) groups is 2. The molecule has 0 radical (unpaired) electrons. The summed E-state index contributed by atoms with van der Waals surface area (Å²) in [6.07, 6.45) is 1.44. The van der Waals surface area contributed by atoms with Crippen LogP contribution in [0.1, 0.15) is 31.4 Å². The van der Waals surface area contributed by atoms with Crippen molar-refractivity contribution in [2.75, 3.05) is 30.8 Å². The predicted molar refractivity (Wildman–Crippen MR) is 130 cm³/mol. The van der Waals surface area contributed by atoms with Crippen LogP contribution in [0.3, 0.4) is 0 Å². The number of aryl methyl sites for hydroxylation is 1. The molecule has 2 aromatic rings. The highest BCUT2D eigenvalue weighted by molar-refractivity contribution is 7.92. The Labute approximate surface area is 196 Å². The molecular formula is C24H33N3O5S. The van der Waals surface area contributed by atoms with Gasteiger partial charge < -0.3 is 15.0 Å². The second kappa shape index (κ2) is 11.7. The van der Waals surface area contributed by atoms with Crippen LogP contribution >= 0.6 is 0 Å². The highest BCUT2D eigenvalue weighted by Crippen LogP contribution is 2.24. The predicted octanol–water partition coefficient (Wildman–Crippen LogP) is 2.71. The topological polar surface area (TPSA) is 96.0 Å². The Morgan fingerprint density at radius 2 is 1.76 bits per heavy atom. The summed E-state index contributed by atoms with van der Waals surface area (Å²) >= 11 is 0. The van der Waals surface area contributed by atoms with E-state index in [-0.39, 0.29) is 12.5 Å². The van der Waals surface area contributed by atoms with E-state index >= 15 is 0 Å². The van der Waals surface area contributed by atoms with Crippen LogP contribution in [0, 0.1) is 6.92 Å². The number of likely N-dealkylation sites (N-methyl/N-ethyl adjacent to an activating group) is 1. The molecule has 0 aliphatic rings. The number of hydrogen-bond acceptors (Lipinski definition) is 5. The second-order valence-corrected chi connectivity index (χ2v) is 9.70. The number of benzene rings is 2. The first-order valence-corrected chi connectivity index (χ1v) is 12.7. The normalized spacial score (nSPS) is 12.0. The first kappa shape index (κ1) is 26.2. The third kappa shape index (κ3) is 7.21. The molecule has 0 spiro atoms. The fourth-order valence-electron chi connectivity index (χ4n) is 3.48. The van der Waals surface area contributed by atoms with Gasteiger partial charge in [0, 0.05) is 19.2 Å². The van der Waals surface area contributed by atoms with Crippen molar-refractivity contribution in [3.8, 4) is 5.75 Å². The van der Waals surface area contributed by atoms with Crippen molar-refractivity contribution >= 4 is 27.5 Å². The maximum atomic E-state index is 13.5. The van der Waals surface area contributed by atoms with E-state index in [9.17, 15) is 18.0 Å². The number of amides is 2. The summed E-state index contributed by atoms with van der Waals surface area (Å²) < 4.78 is 31.4. The van der Waals surface area contributed by atoms with Gasteiger partial charge in [0.2, 0.25) is 21.8 Å². The largest absolute Gasteiger partial charge is 0.497 e. The zero-order valence-electron chi connectivity index (χ0n) is 19.9. The first-order valence-electron chi connectivity index (χ1n) is 10.8. The van der Waals surface area contributed by atoms with Gasteiger partial charge in [0.1, 0.15) is 18.3 Å². The van der Waals surface area contributed by atoms with Crippen LogP contribution in [0.4, 0.5) is 5.69 Å². The summed E-state index contributed by atoms with van der Waals surface area (Å²) in [5.74, 6) is -0.270. The zero-order valence-corrected chi connectivity index (χ0v) is 20.7. The Bertz CT molecular complexity index is 1050. The fraction of sp³-hybridized carbons (Fsp3) is 0.417. The van der Waals surface area contributed by atoms with Crippen molar-refractivity contribution < 1.29 is 22.7 Å². The molecule has 1 N–H and O–H groups in total. The minimum Gasteiger partial charge on any atom is -0.497 e. The van der Waals surface area contributed by atoms with Gasteiger partial charge in [0.15, 0.2) is 0 Å². The molecule has 1 atom stereocenters. The van der Waals surface area contributed by atoms with Gasteiger partial charge in [-0.15, -0.1) is 0 Å². The van der Waals surface area contributed by atoms with Gasteiger partial charge in [-0.2, -0.15) is 0 Å². The van der Waals surface area contributed by atoms with Crippen molar-refractivity contribution in [3.63, 3.8) is 0 Å². The number of methoxy groups -OCH3 is 1. The maximum Gasteiger partial charge on any atom is 0.244 e. The average molecular weight is 476 g/mol. The van der Waals surface area contributed by atoms with Crippen LogP contribution in [-0.4, -0.2) is 57.6 Å². The van der Waals surface area contributed by atoms with Gasteiger partial charge in [0.05, 0.1) is 19.1 Å². The molecule has 2 aromatic carbocycles. The standard InChI is InChI=1S/C24H33N3O5S/c1-6-22(24(29)25-7-2)26(16-19-13-11-18(3)12-14-19)23(28)17-27(33(5,30)31)20-9-8-10-21(15-20)32-4/h8-15,22H,6-7,16-17H2,1-5H3,(H,25,29). The molecule has 8 nitrogen and oxygen atoms in total. The molecule has 2 amide bonds. The van der Waals surface area contributed by atoms with Crippen molar-refractivity contribution in [2.45, 2.75) is 39.8 Å². The van der Waals surface area contributed by atoms with E-state index in [1.807, 2.05) is 45.0 Å². The number of anilines is 1. The Morgan fingerprint density at radius 1 is 1.09 bits per heavy atom. The lowest BCUT2D eigenvalue weighted by atomic mass is 10.1. The smallest absolute Gasteiger partial charge is 0.244 e. The highest BCUT2D eigenvalue weighted by Gasteiger charge is 2.31. The van der Waals surface area contributed by atoms with Gasteiger partial charge in [-0.25, -0.2) is 8.42 Å². The summed E-state index contributed by atoms with van der Waals surface area (Å²) in [6, 6.07) is 13.4. The van der Waals surface area contributed by atoms with E-state index < -0.39 is 28.5 Å². The molecule has 0 bridgehead atoms. The van der Waals surface area contributed by atoms with Crippen LogP contribution < -0.4 is 14.4 Å². The summed E-state index contributed by atoms with van der Waals surface area (Å²) in [6.45, 7) is 5.78. The van der Waals surface area contributed by atoms with E-state index in [1.54, 1.807) is 24.3 Å². The van der Waals surface area contributed by atoms with E-state index in [2.05, 4.69) is 5.32 Å². The van der Waals surface area contributed by atoms with Crippen molar-refractivity contribution in [3.05, 3.63) is 59.7 Å². The van der Waals surface area contributed by atoms with Gasteiger partial charge in [-0.1, -0.05) is 42.8 Å². The van der Waals surface area contributed by atoms with Crippen molar-refractivity contribution in [1.29, 1.82) is 0 Å². The van der Waals surface area contributed by atoms with Crippen LogP contribution in [0.5, 0.6) is 5.75 Å². The Hall–Kier alpha value is -3.07. The molecule has 180 valence electrons. The minimum atomic E-state index is -3.78. The Kier molecular flexibility index (Phi) is 9.28. The van der Waals surface area contributed by atoms with Gasteiger partial charge in [-0.3, -0.25) is 13.9 Å². The average Bonchev–Trinajstić information content (AvgIpc) is 2.78. The molecule has 1 unspecified atom stereocenters. The molecule has 0 aliphatic heterocycles. The number of sulfonamides is 1. The van der Waals surface area contributed by atoms with Gasteiger partial charge in [-0.05, 0) is 38.0 Å². The van der Waals surface area contributed by atoms with Crippen LogP contribution in [-0.2, 0) is 26.2 Å². The second-order valence-electron chi connectivity index (χ2n) is 7.80. The van der Waals surface area contributed by atoms with Crippen LogP contribution in [0.25, 0.3) is 0 Å². The Morgan fingerprint density at radius 3 is 2.30 bits per heavy atom. The molecule has 0 heterocycles. The lowest BCUT2D eigenvalue weighted by Gasteiger charge is -2.32. The summed E-state index contributed by atoms with van der Waals surface area (Å²) in [4.78, 5) is 27.7. The number of carbonyl (C=O) groups excluding carboxylic acids is 2. The summed E-state index contributed by atoms with van der Waals surface area (Å²) in [5, 5.41) is 2.78. The Balaban J connectivity index is 2.43. The highest BCUT2D eigenvalue weighted by atomic mass is 32.2. The molecule has 9 heteroatoms. The van der Waals surface area contributed by atoms with Gasteiger partial charge >= 0.3 is 0 Å². The van der Waals surface area contributed by atoms with Crippen LogP contribution in [0.2, 0.25) is 0 Å². The van der Waals surface area contributed by atoms with Crippen molar-refractivity contribution in [1.82, 2.24) is 10.2 Å². The SMILES string of the molecule is CCNC(=O)C(CC)N(Cc1ccc(C)cc1)C(=O)CN(c1cccc(OC)c1)S(C)(=O)=O. The lowest BCUT2D eigenvalue weighted by Crippen LogP contribution is -2.52. The van der Waals surface area contributed by atoms with Crippen molar-refractivity contribution in [2.24, 2.45) is 0 Å². The third-order valence-corrected chi connectivity index (χ3v) is 6.37. The number of hydrogen-bond donors (Lipinski definition) is 1. The molecule has 0 aromatic heterocycles. The van der Waals surface area contributed by atoms with E-state index in [0.29, 0.717) is 24.4 Å². The van der Waals surface area contributed by atoms with E-state index in [1.165, 1.54) is 12.0 Å². The zero-order chi connectivity index (χ0) is 24.6. The van der Waals surface area contributed by atoms with E-state index in [4.69, 9.17) is 4.74 Å². The molecule has 0 fully saturated rings. The number of nitrogens with zero attached hydrogens (tertiary/aromatic N) is 2. The monoisotopic (exact) mass is 475 g/mol. The molecular weight excluding hydrogens is 442 g/mol. The number of rotatable bonds is 11. The van der Waals surface area contributed by atoms with E-state index in [0.717, 1.165) is 21.7 Å². The third-order valence-electron chi connectivity index (χ3n) is 5.23. The summed E-state index contributed by atoms with van der Waals surface area (Å²) in [5.41, 5.74) is 2.24. The molecule has 0 saturated heterocycles. The summed E-state index contributed by atoms with van der Waals surface area (Å²) in [7, 11) is -2.30. The lowest BCUT2D eigenvalue weighted by molar-refractivity contribution is -0.140.